The summed E-state index contributed by atoms with van der Waals surface area (Å²) in [5.74, 6) is 5.63. The molecular weight excluding hydrogens is 192 g/mol. The predicted octanol–water partition coefficient (Wildman–Crippen LogP) is 0.494. The van der Waals surface area contributed by atoms with Gasteiger partial charge in [0.15, 0.2) is 0 Å². The van der Waals surface area contributed by atoms with Crippen LogP contribution in [0.5, 0.6) is 0 Å². The van der Waals surface area contributed by atoms with E-state index in [2.05, 4.69) is 17.4 Å². The number of hydrogen-bond donors (Lipinski definition) is 2. The molecule has 2 unspecified atom stereocenters. The van der Waals surface area contributed by atoms with Crippen LogP contribution in [-0.4, -0.2) is 22.0 Å². The largest absolute Gasteiger partial charge is 0.373 e. The first-order valence-electron chi connectivity index (χ1n) is 5.25. The first kappa shape index (κ1) is 10.6. The van der Waals surface area contributed by atoms with Crippen LogP contribution in [0.25, 0.3) is 0 Å². The normalized spacial score (nSPS) is 28.2. The molecule has 15 heavy (non-hydrogen) atoms. The van der Waals surface area contributed by atoms with Crippen molar-refractivity contribution in [2.24, 2.45) is 12.9 Å². The summed E-state index contributed by atoms with van der Waals surface area (Å²) < 4.78 is 7.62. The number of aromatic nitrogens is 2. The highest BCUT2D eigenvalue weighted by molar-refractivity contribution is 5.12. The Morgan fingerprint density at radius 1 is 1.73 bits per heavy atom. The Morgan fingerprint density at radius 2 is 2.53 bits per heavy atom. The summed E-state index contributed by atoms with van der Waals surface area (Å²) in [6, 6.07) is 1.96. The number of nitrogens with one attached hydrogen (secondary N) is 1. The summed E-state index contributed by atoms with van der Waals surface area (Å²) in [7, 11) is 1.91. The zero-order chi connectivity index (χ0) is 10.9. The van der Waals surface area contributed by atoms with Gasteiger partial charge in [0.25, 0.3) is 0 Å². The van der Waals surface area contributed by atoms with Gasteiger partial charge >= 0.3 is 0 Å². The van der Waals surface area contributed by atoms with Gasteiger partial charge in [0.1, 0.15) is 0 Å². The highest BCUT2D eigenvalue weighted by Gasteiger charge is 2.40. The van der Waals surface area contributed by atoms with Crippen LogP contribution >= 0.6 is 0 Å². The topological polar surface area (TPSA) is 65.1 Å². The van der Waals surface area contributed by atoms with Gasteiger partial charge in [-0.15, -0.1) is 0 Å². The van der Waals surface area contributed by atoms with Crippen molar-refractivity contribution in [2.75, 3.05) is 6.61 Å². The van der Waals surface area contributed by atoms with Crippen molar-refractivity contribution in [3.05, 3.63) is 18.0 Å². The van der Waals surface area contributed by atoms with Crippen LogP contribution in [-0.2, 0) is 11.8 Å². The maximum atomic E-state index is 5.79. The molecule has 84 valence electrons. The van der Waals surface area contributed by atoms with Gasteiger partial charge in [0.05, 0.1) is 17.3 Å². The molecule has 1 aromatic heterocycles. The molecule has 0 aliphatic carbocycles. The molecule has 1 aromatic rings. The standard InChI is InChI=1S/C10H18N4O/c1-10(5-3-7-15-10)9(13-11)8-4-6-12-14(8)2/h4,6,9,13H,3,5,7,11H2,1-2H3. The van der Waals surface area contributed by atoms with Crippen molar-refractivity contribution >= 4 is 0 Å². The summed E-state index contributed by atoms with van der Waals surface area (Å²) in [4.78, 5) is 0. The van der Waals surface area contributed by atoms with E-state index in [0.29, 0.717) is 0 Å². The zero-order valence-electron chi connectivity index (χ0n) is 9.23. The molecule has 0 saturated carbocycles. The molecule has 2 atom stereocenters. The van der Waals surface area contributed by atoms with Gasteiger partial charge in [0, 0.05) is 19.9 Å². The molecule has 3 N–H and O–H groups in total. The molecule has 1 aliphatic rings. The van der Waals surface area contributed by atoms with E-state index in [1.54, 1.807) is 6.20 Å². The summed E-state index contributed by atoms with van der Waals surface area (Å²) in [5, 5.41) is 4.15. The third kappa shape index (κ3) is 1.78. The molecule has 5 nitrogen and oxygen atoms in total. The molecule has 0 bridgehead atoms. The maximum absolute atomic E-state index is 5.79. The molecule has 0 spiro atoms. The summed E-state index contributed by atoms with van der Waals surface area (Å²) >= 11 is 0. The lowest BCUT2D eigenvalue weighted by Crippen LogP contribution is -2.45. The van der Waals surface area contributed by atoms with E-state index in [1.165, 1.54) is 0 Å². The fourth-order valence-electron chi connectivity index (χ4n) is 2.27. The molecule has 1 aliphatic heterocycles. The van der Waals surface area contributed by atoms with E-state index in [9.17, 15) is 0 Å². The SMILES string of the molecule is Cn1nccc1C(NN)C1(C)CCCO1. The third-order valence-electron chi connectivity index (χ3n) is 3.18. The Hall–Kier alpha value is -0.910. The van der Waals surface area contributed by atoms with Crippen molar-refractivity contribution in [3.8, 4) is 0 Å². The fourth-order valence-corrected chi connectivity index (χ4v) is 2.27. The molecule has 5 heteroatoms. The smallest absolute Gasteiger partial charge is 0.0915 e. The number of nitrogens with zero attached hydrogens (tertiary/aromatic N) is 2. The molecule has 2 heterocycles. The van der Waals surface area contributed by atoms with Gasteiger partial charge in [0.2, 0.25) is 0 Å². The first-order valence-corrected chi connectivity index (χ1v) is 5.25. The number of rotatable bonds is 3. The second kappa shape index (κ2) is 3.92. The van der Waals surface area contributed by atoms with Gasteiger partial charge in [-0.1, -0.05) is 0 Å². The minimum atomic E-state index is -0.220. The van der Waals surface area contributed by atoms with Crippen molar-refractivity contribution in [3.63, 3.8) is 0 Å². The Balaban J connectivity index is 2.27. The number of aryl methyl sites for hydroxylation is 1. The monoisotopic (exact) mass is 210 g/mol. The Bertz CT molecular complexity index is 330. The lowest BCUT2D eigenvalue weighted by atomic mass is 9.91. The average molecular weight is 210 g/mol. The van der Waals surface area contributed by atoms with Crippen LogP contribution in [0, 0.1) is 0 Å². The minimum Gasteiger partial charge on any atom is -0.373 e. The predicted molar refractivity (Wildman–Crippen MR) is 56.9 cm³/mol. The number of ether oxygens (including phenoxy) is 1. The van der Waals surface area contributed by atoms with Gasteiger partial charge in [-0.2, -0.15) is 5.10 Å². The van der Waals surface area contributed by atoms with Crippen LogP contribution in [0.2, 0.25) is 0 Å². The number of hydrogen-bond acceptors (Lipinski definition) is 4. The lowest BCUT2D eigenvalue weighted by molar-refractivity contribution is -0.0146. The molecule has 1 fully saturated rings. The number of nitrogens with two attached hydrogens (primary N) is 1. The summed E-state index contributed by atoms with van der Waals surface area (Å²) in [6.45, 7) is 2.91. The lowest BCUT2D eigenvalue weighted by Gasteiger charge is -2.32. The third-order valence-corrected chi connectivity index (χ3v) is 3.18. The second-order valence-electron chi connectivity index (χ2n) is 4.24. The van der Waals surface area contributed by atoms with Gasteiger partial charge in [-0.05, 0) is 25.8 Å². The van der Waals surface area contributed by atoms with Crippen LogP contribution in [0.1, 0.15) is 31.5 Å². The highest BCUT2D eigenvalue weighted by Crippen LogP contribution is 2.36. The van der Waals surface area contributed by atoms with Crippen molar-refractivity contribution in [2.45, 2.75) is 31.4 Å². The van der Waals surface area contributed by atoms with Crippen molar-refractivity contribution in [1.29, 1.82) is 0 Å². The minimum absolute atomic E-state index is 0.00694. The van der Waals surface area contributed by atoms with Gasteiger partial charge in [-0.25, -0.2) is 5.43 Å². The van der Waals surface area contributed by atoms with Crippen LogP contribution in [0.4, 0.5) is 0 Å². The summed E-state index contributed by atoms with van der Waals surface area (Å²) in [5.41, 5.74) is 3.68. The van der Waals surface area contributed by atoms with E-state index < -0.39 is 0 Å². The van der Waals surface area contributed by atoms with Gasteiger partial charge in [-0.3, -0.25) is 10.5 Å². The van der Waals surface area contributed by atoms with E-state index in [0.717, 1.165) is 25.1 Å². The van der Waals surface area contributed by atoms with Crippen LogP contribution < -0.4 is 11.3 Å². The summed E-state index contributed by atoms with van der Waals surface area (Å²) in [6.07, 6.45) is 3.89. The molecule has 0 radical (unpaired) electrons. The average Bonchev–Trinajstić information content (AvgIpc) is 2.79. The molecular formula is C10H18N4O. The highest BCUT2D eigenvalue weighted by atomic mass is 16.5. The van der Waals surface area contributed by atoms with Crippen molar-refractivity contribution < 1.29 is 4.74 Å². The Labute approximate surface area is 89.6 Å². The zero-order valence-corrected chi connectivity index (χ0v) is 9.23. The second-order valence-corrected chi connectivity index (χ2v) is 4.24. The molecule has 1 saturated heterocycles. The molecule has 0 amide bonds. The van der Waals surface area contributed by atoms with E-state index in [-0.39, 0.29) is 11.6 Å². The van der Waals surface area contributed by atoms with E-state index in [4.69, 9.17) is 10.6 Å². The van der Waals surface area contributed by atoms with E-state index >= 15 is 0 Å². The van der Waals surface area contributed by atoms with Crippen LogP contribution in [0.15, 0.2) is 12.3 Å². The molecule has 0 aromatic carbocycles. The Kier molecular flexibility index (Phi) is 2.77. The van der Waals surface area contributed by atoms with Crippen LogP contribution in [0.3, 0.4) is 0 Å². The first-order chi connectivity index (χ1) is 7.17. The maximum Gasteiger partial charge on any atom is 0.0915 e. The van der Waals surface area contributed by atoms with Gasteiger partial charge < -0.3 is 4.74 Å². The fraction of sp³-hybridized carbons (Fsp3) is 0.700. The quantitative estimate of drug-likeness (QED) is 0.563. The Morgan fingerprint density at radius 3 is 3.00 bits per heavy atom. The van der Waals surface area contributed by atoms with Crippen molar-refractivity contribution in [1.82, 2.24) is 15.2 Å². The van der Waals surface area contributed by atoms with E-state index in [1.807, 2.05) is 17.8 Å². The number of hydrazine groups is 1. The molecule has 2 rings (SSSR count).